The number of aryl methyl sites for hydroxylation is 1. The minimum Gasteiger partial charge on any atom is -0.460 e. The first-order valence-electron chi connectivity index (χ1n) is 13.8. The number of carbonyl (C=O) groups excluding carboxylic acids is 2. The van der Waals surface area contributed by atoms with E-state index in [-0.39, 0.29) is 17.9 Å². The molecule has 1 atom stereocenters. The van der Waals surface area contributed by atoms with Crippen molar-refractivity contribution in [1.29, 1.82) is 0 Å². The Morgan fingerprint density at radius 2 is 1.80 bits per heavy atom. The van der Waals surface area contributed by atoms with Gasteiger partial charge in [0.15, 0.2) is 5.58 Å². The highest BCUT2D eigenvalue weighted by molar-refractivity contribution is 6.03. The van der Waals surface area contributed by atoms with Gasteiger partial charge >= 0.3 is 0 Å². The highest BCUT2D eigenvalue weighted by Crippen LogP contribution is 2.34. The lowest BCUT2D eigenvalue weighted by Crippen LogP contribution is -2.65. The van der Waals surface area contributed by atoms with E-state index in [2.05, 4.69) is 24.1 Å². The average molecular weight is 485 g/mol. The fourth-order valence-corrected chi connectivity index (χ4v) is 6.00. The van der Waals surface area contributed by atoms with E-state index in [9.17, 15) is 9.59 Å². The van der Waals surface area contributed by atoms with Gasteiger partial charge in [-0.1, -0.05) is 39.5 Å². The minimum absolute atomic E-state index is 0.0237. The lowest BCUT2D eigenvalue weighted by Gasteiger charge is -2.44. The quantitative estimate of drug-likeness (QED) is 0.476. The van der Waals surface area contributed by atoms with Gasteiger partial charge in [-0.15, -0.1) is 0 Å². The summed E-state index contributed by atoms with van der Waals surface area (Å²) >= 11 is 0. The third-order valence-electron chi connectivity index (χ3n) is 7.85. The second kappa shape index (κ2) is 11.2. The molecule has 194 valence electrons. The highest BCUT2D eigenvalue weighted by atomic mass is 16.3. The molecular formula is C28H44N4O3. The summed E-state index contributed by atoms with van der Waals surface area (Å²) in [4.78, 5) is 32.0. The van der Waals surface area contributed by atoms with Crippen molar-refractivity contribution in [1.82, 2.24) is 19.7 Å². The Morgan fingerprint density at radius 3 is 2.46 bits per heavy atom. The van der Waals surface area contributed by atoms with Crippen molar-refractivity contribution in [3.8, 4) is 0 Å². The molecule has 0 radical (unpaired) electrons. The van der Waals surface area contributed by atoms with Gasteiger partial charge in [-0.2, -0.15) is 0 Å². The lowest BCUT2D eigenvalue weighted by atomic mass is 9.93. The second-order valence-electron chi connectivity index (χ2n) is 10.8. The molecule has 1 unspecified atom stereocenters. The van der Waals surface area contributed by atoms with Crippen LogP contribution in [0.15, 0.2) is 16.5 Å². The Balaban J connectivity index is 1.59. The summed E-state index contributed by atoms with van der Waals surface area (Å²) in [5.74, 6) is 0.720. The van der Waals surface area contributed by atoms with Crippen LogP contribution in [0.25, 0.3) is 11.1 Å². The second-order valence-corrected chi connectivity index (χ2v) is 10.8. The van der Waals surface area contributed by atoms with E-state index in [0.717, 1.165) is 81.4 Å². The smallest absolute Gasteiger partial charge is 0.271 e. The van der Waals surface area contributed by atoms with Gasteiger partial charge in [0.25, 0.3) is 5.91 Å². The van der Waals surface area contributed by atoms with E-state index in [1.54, 1.807) is 0 Å². The van der Waals surface area contributed by atoms with Gasteiger partial charge in [-0.05, 0) is 65.6 Å². The number of nitrogens with zero attached hydrogens (tertiary/aromatic N) is 3. The molecule has 4 rings (SSSR count). The monoisotopic (exact) mass is 484 g/mol. The average Bonchev–Trinajstić information content (AvgIpc) is 3.21. The van der Waals surface area contributed by atoms with E-state index in [4.69, 9.17) is 4.42 Å². The minimum atomic E-state index is -0.937. The largest absolute Gasteiger partial charge is 0.460 e. The zero-order valence-corrected chi connectivity index (χ0v) is 22.2. The summed E-state index contributed by atoms with van der Waals surface area (Å²) in [6.07, 6.45) is 9.95. The molecule has 0 spiro atoms. The van der Waals surface area contributed by atoms with Crippen LogP contribution in [0.3, 0.4) is 0 Å². The van der Waals surface area contributed by atoms with E-state index < -0.39 is 5.54 Å². The van der Waals surface area contributed by atoms with Crippen molar-refractivity contribution < 1.29 is 14.0 Å². The molecule has 0 aromatic carbocycles. The number of nitrogens with one attached hydrogen (secondary N) is 1. The van der Waals surface area contributed by atoms with Gasteiger partial charge < -0.3 is 24.1 Å². The Bertz CT molecular complexity index is 1010. The van der Waals surface area contributed by atoms with E-state index in [1.165, 1.54) is 12.8 Å². The molecule has 1 fully saturated rings. The number of carbonyl (C=O) groups is 2. The first-order chi connectivity index (χ1) is 16.9. The van der Waals surface area contributed by atoms with Gasteiger partial charge in [0.1, 0.15) is 17.0 Å². The first-order valence-corrected chi connectivity index (χ1v) is 13.8. The zero-order valence-electron chi connectivity index (χ0n) is 22.2. The molecule has 7 heteroatoms. The Labute approximate surface area is 210 Å². The van der Waals surface area contributed by atoms with Crippen LogP contribution >= 0.6 is 0 Å². The standard InChI is InChI=1S/C28H44N4O3/c1-5-14-30(15-6-2)16-11-17-32-26(33)24-19-25-23(18-21(3)35-25)31(24)20-28(32,4)27(34)29-22-12-9-7-8-10-13-22/h18-19,22H,5-17,20H2,1-4H3,(H,29,34). The number of hydrogen-bond acceptors (Lipinski definition) is 4. The van der Waals surface area contributed by atoms with Crippen molar-refractivity contribution in [2.24, 2.45) is 0 Å². The van der Waals surface area contributed by atoms with Gasteiger partial charge in [0.05, 0.1) is 12.1 Å². The summed E-state index contributed by atoms with van der Waals surface area (Å²) in [6.45, 7) is 12.4. The number of amides is 2. The fraction of sp³-hybridized carbons (Fsp3) is 0.714. The normalized spacial score (nSPS) is 21.5. The maximum absolute atomic E-state index is 13.9. The van der Waals surface area contributed by atoms with E-state index in [0.29, 0.717) is 18.8 Å². The van der Waals surface area contributed by atoms with Crippen molar-refractivity contribution >= 4 is 22.9 Å². The van der Waals surface area contributed by atoms with Gasteiger partial charge in [-0.25, -0.2) is 0 Å². The molecule has 2 aromatic rings. The molecule has 35 heavy (non-hydrogen) atoms. The Kier molecular flexibility index (Phi) is 8.25. The maximum atomic E-state index is 13.9. The van der Waals surface area contributed by atoms with Crippen molar-refractivity contribution in [3.05, 3.63) is 23.6 Å². The van der Waals surface area contributed by atoms with Crippen LogP contribution < -0.4 is 5.32 Å². The molecule has 1 N–H and O–H groups in total. The maximum Gasteiger partial charge on any atom is 0.271 e. The summed E-state index contributed by atoms with van der Waals surface area (Å²) < 4.78 is 7.83. The highest BCUT2D eigenvalue weighted by Gasteiger charge is 2.48. The van der Waals surface area contributed by atoms with Gasteiger partial charge in [0.2, 0.25) is 5.91 Å². The predicted molar refractivity (Wildman–Crippen MR) is 140 cm³/mol. The van der Waals surface area contributed by atoms with Crippen molar-refractivity contribution in [3.63, 3.8) is 0 Å². The molecule has 1 aliphatic carbocycles. The summed E-state index contributed by atoms with van der Waals surface area (Å²) in [7, 11) is 0. The van der Waals surface area contributed by atoms with Crippen LogP contribution in [-0.4, -0.2) is 63.9 Å². The van der Waals surface area contributed by atoms with E-state index in [1.807, 2.05) is 35.4 Å². The summed E-state index contributed by atoms with van der Waals surface area (Å²) in [5.41, 5.74) is 1.30. The molecular weight excluding hydrogens is 440 g/mol. The van der Waals surface area contributed by atoms with Crippen LogP contribution in [0.2, 0.25) is 0 Å². The number of furan rings is 1. The zero-order chi connectivity index (χ0) is 25.0. The first kappa shape index (κ1) is 25.8. The molecule has 7 nitrogen and oxygen atoms in total. The van der Waals surface area contributed by atoms with Gasteiger partial charge in [-0.3, -0.25) is 9.59 Å². The lowest BCUT2D eigenvalue weighted by molar-refractivity contribution is -0.133. The van der Waals surface area contributed by atoms with Crippen LogP contribution in [0.4, 0.5) is 0 Å². The van der Waals surface area contributed by atoms with Crippen LogP contribution in [0.5, 0.6) is 0 Å². The third-order valence-corrected chi connectivity index (χ3v) is 7.85. The molecule has 2 amide bonds. The number of hydrogen-bond donors (Lipinski definition) is 1. The number of rotatable bonds is 10. The van der Waals surface area contributed by atoms with Crippen molar-refractivity contribution in [2.75, 3.05) is 26.2 Å². The number of fused-ring (bicyclic) bond motifs is 3. The summed E-state index contributed by atoms with van der Waals surface area (Å²) in [6, 6.07) is 4.02. The predicted octanol–water partition coefficient (Wildman–Crippen LogP) is 5.11. The Hall–Kier alpha value is -2.28. The summed E-state index contributed by atoms with van der Waals surface area (Å²) in [5, 5.41) is 3.36. The molecule has 0 saturated heterocycles. The van der Waals surface area contributed by atoms with Crippen LogP contribution in [-0.2, 0) is 11.3 Å². The molecule has 1 aliphatic heterocycles. The number of aromatic nitrogens is 1. The van der Waals surface area contributed by atoms with Gasteiger partial charge in [0, 0.05) is 24.7 Å². The fourth-order valence-electron chi connectivity index (χ4n) is 6.00. The topological polar surface area (TPSA) is 70.7 Å². The Morgan fingerprint density at radius 1 is 1.11 bits per heavy atom. The molecule has 3 heterocycles. The third kappa shape index (κ3) is 5.45. The van der Waals surface area contributed by atoms with E-state index >= 15 is 0 Å². The molecule has 2 aromatic heterocycles. The molecule has 0 bridgehead atoms. The molecule has 1 saturated carbocycles. The molecule has 2 aliphatic rings. The van der Waals surface area contributed by atoms with Crippen LogP contribution in [0.1, 0.15) is 94.8 Å². The van der Waals surface area contributed by atoms with Crippen LogP contribution in [0, 0.1) is 6.92 Å². The SMILES string of the molecule is CCCN(CCC)CCCN1C(=O)c2cc3oc(C)cc3n2CC1(C)C(=O)NC1CCCCCC1. The van der Waals surface area contributed by atoms with Crippen molar-refractivity contribution in [2.45, 2.75) is 104 Å².